The number of nitrogens with two attached hydrogens (primary N) is 1. The molecule has 3 heteroatoms. The third-order valence-electron chi connectivity index (χ3n) is 1.38. The van der Waals surface area contributed by atoms with Gasteiger partial charge in [0.2, 0.25) is 0 Å². The van der Waals surface area contributed by atoms with E-state index in [2.05, 4.69) is 15.9 Å². The third kappa shape index (κ3) is 2.22. The highest BCUT2D eigenvalue weighted by atomic mass is 79.9. The minimum atomic E-state index is -1.70. The summed E-state index contributed by atoms with van der Waals surface area (Å²) in [6.45, 7) is -0.163. The highest BCUT2D eigenvalue weighted by Crippen LogP contribution is 2.25. The van der Waals surface area contributed by atoms with Crippen molar-refractivity contribution in [3.8, 4) is 5.75 Å². The van der Waals surface area contributed by atoms with Gasteiger partial charge in [0.05, 0.1) is 13.0 Å². The molecule has 0 aliphatic heterocycles. The highest BCUT2D eigenvalue weighted by Gasteiger charge is 1.99. The molecule has 0 bridgehead atoms. The summed E-state index contributed by atoms with van der Waals surface area (Å²) in [5, 5.41) is 0. The molecule has 0 saturated heterocycles. The van der Waals surface area contributed by atoms with Crippen molar-refractivity contribution in [2.24, 2.45) is 5.73 Å². The van der Waals surface area contributed by atoms with Crippen molar-refractivity contribution in [3.63, 3.8) is 0 Å². The minimum Gasteiger partial charge on any atom is -0.496 e. The second-order valence-electron chi connectivity index (χ2n) is 2.14. The fourth-order valence-electron chi connectivity index (χ4n) is 0.822. The van der Waals surface area contributed by atoms with E-state index in [-0.39, 0.29) is 18.2 Å². The molecule has 1 aromatic rings. The van der Waals surface area contributed by atoms with Gasteiger partial charge in [-0.2, -0.15) is 0 Å². The van der Waals surface area contributed by atoms with Crippen molar-refractivity contribution in [3.05, 3.63) is 28.2 Å². The lowest BCUT2D eigenvalue weighted by molar-refractivity contribution is 0.411. The molecule has 2 nitrogen and oxygen atoms in total. The first kappa shape index (κ1) is 6.00. The van der Waals surface area contributed by atoms with E-state index in [1.54, 1.807) is 0 Å². The van der Waals surface area contributed by atoms with E-state index in [9.17, 15) is 0 Å². The van der Waals surface area contributed by atoms with Crippen molar-refractivity contribution in [2.75, 3.05) is 13.7 Å². The number of benzene rings is 1. The third-order valence-corrected chi connectivity index (χ3v) is 2.00. The molecule has 0 heterocycles. The van der Waals surface area contributed by atoms with Gasteiger partial charge in [-0.15, -0.1) is 0 Å². The summed E-state index contributed by atoms with van der Waals surface area (Å²) in [4.78, 5) is 0. The molecule has 66 valence electrons. The number of hydrogen-bond donors (Lipinski definition) is 1. The summed E-state index contributed by atoms with van der Waals surface area (Å²) in [5.74, 6) is 0.498. The van der Waals surface area contributed by atoms with Gasteiger partial charge in [0, 0.05) is 2.74 Å². The van der Waals surface area contributed by atoms with Gasteiger partial charge in [-0.3, -0.25) is 0 Å². The van der Waals surface area contributed by atoms with Gasteiger partial charge in [-0.25, -0.2) is 0 Å². The van der Waals surface area contributed by atoms with Crippen LogP contribution in [0, 0.1) is 0 Å². The van der Waals surface area contributed by atoms with E-state index in [0.29, 0.717) is 10.2 Å². The molecule has 0 unspecified atom stereocenters. The lowest BCUT2D eigenvalue weighted by Crippen LogP contribution is -2.02. The van der Waals surface area contributed by atoms with Gasteiger partial charge < -0.3 is 10.5 Å². The Kier molecular flexibility index (Phi) is 2.24. The molecule has 1 rings (SSSR count). The van der Waals surface area contributed by atoms with E-state index >= 15 is 0 Å². The maximum atomic E-state index is 7.66. The number of hydrogen-bond acceptors (Lipinski definition) is 2. The maximum absolute atomic E-state index is 7.66. The highest BCUT2D eigenvalue weighted by molar-refractivity contribution is 9.10. The summed E-state index contributed by atoms with van der Waals surface area (Å²) in [7, 11) is 1.49. The molecule has 12 heavy (non-hydrogen) atoms. The Hall–Kier alpha value is -0.540. The zero-order valence-electron chi connectivity index (χ0n) is 9.73. The second kappa shape index (κ2) is 4.48. The normalized spacial score (nSPS) is 14.8. The van der Waals surface area contributed by atoms with Crippen LogP contribution in [0.1, 0.15) is 9.68 Å². The van der Waals surface area contributed by atoms with Crippen LogP contribution in [0.15, 0.2) is 22.6 Å². The Balaban J connectivity index is 3.30. The maximum Gasteiger partial charge on any atom is 0.133 e. The van der Waals surface area contributed by atoms with Crippen LogP contribution < -0.4 is 10.5 Å². The molecular formula is C9H12BrNO. The molecule has 0 aliphatic rings. The monoisotopic (exact) mass is 232 g/mol. The van der Waals surface area contributed by atoms with Gasteiger partial charge in [0.25, 0.3) is 0 Å². The summed E-state index contributed by atoms with van der Waals surface area (Å²) in [5.41, 5.74) is 5.57. The quantitative estimate of drug-likeness (QED) is 0.866. The number of ether oxygens (including phenoxy) is 1. The lowest BCUT2D eigenvalue weighted by atomic mass is 10.1. The largest absolute Gasteiger partial charge is 0.496 e. The molecule has 0 amide bonds. The first-order valence-corrected chi connectivity index (χ1v) is 4.26. The molecule has 0 aliphatic carbocycles. The summed E-state index contributed by atoms with van der Waals surface area (Å²) < 4.78 is 28.6. The van der Waals surface area contributed by atoms with Gasteiger partial charge in [-0.05, 0) is 46.5 Å². The molecular weight excluding hydrogens is 218 g/mol. The first-order chi connectivity index (χ1) is 6.92. The van der Waals surface area contributed by atoms with Crippen LogP contribution in [-0.2, 0) is 6.37 Å². The molecule has 2 N–H and O–H groups in total. The van der Waals surface area contributed by atoms with Crippen LogP contribution in [-0.4, -0.2) is 13.7 Å². The van der Waals surface area contributed by atoms with Crippen molar-refractivity contribution >= 4 is 15.9 Å². The lowest BCUT2D eigenvalue weighted by Gasteiger charge is -2.05. The zero-order chi connectivity index (χ0) is 11.6. The summed E-state index contributed by atoms with van der Waals surface area (Å²) in [6.07, 6.45) is -1.70. The van der Waals surface area contributed by atoms with Crippen LogP contribution in [0.3, 0.4) is 0 Å². The smallest absolute Gasteiger partial charge is 0.133 e. The Morgan fingerprint density at radius 3 is 3.17 bits per heavy atom. The molecule has 0 atom stereocenters. The number of rotatable bonds is 3. The van der Waals surface area contributed by atoms with Gasteiger partial charge >= 0.3 is 0 Å². The van der Waals surface area contributed by atoms with Crippen LogP contribution in [0.2, 0.25) is 0 Å². The number of halogens is 1. The van der Waals surface area contributed by atoms with Gasteiger partial charge in [0.15, 0.2) is 0 Å². The van der Waals surface area contributed by atoms with Gasteiger partial charge in [0.1, 0.15) is 5.75 Å². The topological polar surface area (TPSA) is 35.2 Å². The van der Waals surface area contributed by atoms with E-state index in [4.69, 9.17) is 14.6 Å². The average molecular weight is 233 g/mol. The minimum absolute atomic E-state index is 0.109. The number of methoxy groups -OCH3 is 1. The summed E-state index contributed by atoms with van der Waals surface area (Å²) in [6, 6.07) is 3.11. The van der Waals surface area contributed by atoms with Crippen molar-refractivity contribution in [1.82, 2.24) is 0 Å². The predicted octanol–water partition coefficient (Wildman–Crippen LogP) is 1.96. The van der Waals surface area contributed by atoms with Crippen molar-refractivity contribution in [2.45, 2.75) is 6.37 Å². The standard InChI is InChI=1S/C9H12BrNO/c1-12-9-6-7(4-5-11)2-3-8(9)10/h2-3,6H,4-5,11H2,1H3/i2D,4D2. The average Bonchev–Trinajstić information content (AvgIpc) is 2.17. The molecule has 0 saturated carbocycles. The van der Waals surface area contributed by atoms with E-state index in [1.807, 2.05) is 0 Å². The Bertz CT molecular complexity index is 371. The Morgan fingerprint density at radius 1 is 1.83 bits per heavy atom. The molecule has 1 aromatic carbocycles. The van der Waals surface area contributed by atoms with Crippen molar-refractivity contribution < 1.29 is 8.85 Å². The van der Waals surface area contributed by atoms with E-state index in [0.717, 1.165) is 0 Å². The molecule has 0 fully saturated rings. The van der Waals surface area contributed by atoms with E-state index in [1.165, 1.54) is 19.2 Å². The van der Waals surface area contributed by atoms with Crippen LogP contribution >= 0.6 is 15.9 Å². The van der Waals surface area contributed by atoms with Crippen LogP contribution in [0.25, 0.3) is 0 Å². The van der Waals surface area contributed by atoms with Gasteiger partial charge in [-0.1, -0.05) is 6.04 Å². The fraction of sp³-hybridized carbons (Fsp3) is 0.333. The molecule has 0 radical (unpaired) electrons. The van der Waals surface area contributed by atoms with E-state index < -0.39 is 6.37 Å². The fourth-order valence-corrected chi connectivity index (χ4v) is 1.21. The molecule has 0 aromatic heterocycles. The first-order valence-electron chi connectivity index (χ1n) is 4.97. The second-order valence-corrected chi connectivity index (χ2v) is 3.00. The Morgan fingerprint density at radius 2 is 2.58 bits per heavy atom. The zero-order valence-corrected chi connectivity index (χ0v) is 8.31. The SMILES string of the molecule is [2H]c1cc(Br)c(OC)cc1C([2H])([2H])CN. The van der Waals surface area contributed by atoms with Crippen LogP contribution in [0.4, 0.5) is 0 Å². The van der Waals surface area contributed by atoms with Crippen LogP contribution in [0.5, 0.6) is 5.75 Å². The molecule has 0 spiro atoms. The predicted molar refractivity (Wildman–Crippen MR) is 53.5 cm³/mol. The van der Waals surface area contributed by atoms with Crippen molar-refractivity contribution in [1.29, 1.82) is 0 Å². The summed E-state index contributed by atoms with van der Waals surface area (Å²) >= 11 is 3.23. The Labute approximate surface area is 85.1 Å².